The minimum absolute atomic E-state index is 0.0129. The number of H-pyrrole nitrogens is 1. The summed E-state index contributed by atoms with van der Waals surface area (Å²) in [7, 11) is 0. The van der Waals surface area contributed by atoms with Crippen LogP contribution in [0.2, 0.25) is 0 Å². The number of phenolic OH excluding ortho intramolecular Hbond substituents is 1. The molecule has 23 N–H and O–H groups in total. The number of aromatic hydroxyl groups is 1. The number of nitrogens with two attached hydrogens (primary N) is 7. The molecule has 0 unspecified atom stereocenters. The van der Waals surface area contributed by atoms with E-state index in [4.69, 9.17) is 75.9 Å². The predicted octanol–water partition coefficient (Wildman–Crippen LogP) is -1.52. The summed E-state index contributed by atoms with van der Waals surface area (Å²) in [6.45, 7) is 8.59. The lowest BCUT2D eigenvalue weighted by atomic mass is 10.0. The van der Waals surface area contributed by atoms with Gasteiger partial charge in [0, 0.05) is 24.9 Å². The van der Waals surface area contributed by atoms with Crippen molar-refractivity contribution in [3.8, 4) is 5.75 Å². The Labute approximate surface area is 354 Å². The highest BCUT2D eigenvalue weighted by molar-refractivity contribution is 5.76. The van der Waals surface area contributed by atoms with Crippen molar-refractivity contribution in [2.75, 3.05) is 13.1 Å². The number of imidazole rings is 1. The minimum atomic E-state index is -1.02. The summed E-state index contributed by atoms with van der Waals surface area (Å²) in [6.07, 6.45) is 7.16. The predicted molar refractivity (Wildman–Crippen MR) is 225 cm³/mol. The normalized spacial score (nSPS) is 15.3. The van der Waals surface area contributed by atoms with Gasteiger partial charge in [0.05, 0.1) is 6.33 Å². The van der Waals surface area contributed by atoms with Crippen LogP contribution in [0.3, 0.4) is 0 Å². The third kappa shape index (κ3) is 32.6. The molecule has 2 aromatic rings. The maximum absolute atomic E-state index is 10.4. The van der Waals surface area contributed by atoms with Gasteiger partial charge in [-0.15, -0.1) is 0 Å². The first-order chi connectivity index (χ1) is 28.3. The van der Waals surface area contributed by atoms with Gasteiger partial charge in [0.2, 0.25) is 0 Å². The van der Waals surface area contributed by atoms with Gasteiger partial charge < -0.3 is 86.2 Å². The molecule has 7 atom stereocenters. The van der Waals surface area contributed by atoms with Crippen LogP contribution in [0.25, 0.3) is 0 Å². The molecular formula is C37H67N11O13. The van der Waals surface area contributed by atoms with Crippen molar-refractivity contribution in [1.82, 2.24) is 15.3 Å². The van der Waals surface area contributed by atoms with E-state index in [0.29, 0.717) is 19.4 Å². The number of guanidine groups is 1. The number of carbonyl (C=O) groups is 6. The van der Waals surface area contributed by atoms with Crippen LogP contribution in [-0.2, 0) is 41.6 Å². The van der Waals surface area contributed by atoms with Gasteiger partial charge in [-0.2, -0.15) is 0 Å². The van der Waals surface area contributed by atoms with Crippen molar-refractivity contribution in [1.29, 1.82) is 0 Å². The van der Waals surface area contributed by atoms with Crippen molar-refractivity contribution in [3.05, 3.63) is 48.0 Å². The average Bonchev–Trinajstić information content (AvgIpc) is 3.93. The van der Waals surface area contributed by atoms with Crippen LogP contribution < -0.4 is 45.5 Å². The molecule has 1 aliphatic heterocycles. The van der Waals surface area contributed by atoms with E-state index < -0.39 is 66.0 Å². The molecule has 1 aliphatic rings. The molecule has 1 aromatic heterocycles. The number of benzene rings is 1. The molecule has 2 heterocycles. The number of phenols is 1. The Hall–Kier alpha value is -5.92. The molecule has 0 amide bonds. The molecule has 1 fully saturated rings. The third-order valence-corrected chi connectivity index (χ3v) is 8.21. The Kier molecular flexibility index (Phi) is 33.0. The van der Waals surface area contributed by atoms with Crippen molar-refractivity contribution >= 4 is 41.8 Å². The molecule has 0 bridgehead atoms. The molecule has 1 aromatic carbocycles. The fourth-order valence-electron chi connectivity index (χ4n) is 4.01. The topological polar surface area (TPSA) is 479 Å². The summed E-state index contributed by atoms with van der Waals surface area (Å²) in [4.78, 5) is 71.4. The molecule has 3 rings (SSSR count). The quantitative estimate of drug-likeness (QED) is 0.0488. The SMILES string of the molecule is CC(C)[C@H](N)C(=O)O.CC[C@H](C)[C@H](N)C(=O)O.NC(N)=NCCC[C@H](N)C(=O)O.N[C@@H](Cc1ccc(O)cc1)C(=O)O.N[C@@H](Cc1cnc[nH]1)C(=O)O.O=C(O)[C@@H]1CCCN1. The minimum Gasteiger partial charge on any atom is -0.508 e. The Morgan fingerprint density at radius 3 is 1.59 bits per heavy atom. The molecule has 0 radical (unpaired) electrons. The van der Waals surface area contributed by atoms with Gasteiger partial charge in [-0.05, 0) is 68.2 Å². The van der Waals surface area contributed by atoms with Gasteiger partial charge in [0.25, 0.3) is 0 Å². The number of aromatic nitrogens is 2. The van der Waals surface area contributed by atoms with Gasteiger partial charge >= 0.3 is 35.8 Å². The van der Waals surface area contributed by atoms with Crippen LogP contribution in [0.1, 0.15) is 71.1 Å². The van der Waals surface area contributed by atoms with E-state index >= 15 is 0 Å². The smallest absolute Gasteiger partial charge is 0.320 e. The highest BCUT2D eigenvalue weighted by atomic mass is 16.4. The molecular weight excluding hydrogens is 806 g/mol. The number of hydrogen-bond acceptors (Lipinski definition) is 15. The zero-order valence-electron chi connectivity index (χ0n) is 35.0. The summed E-state index contributed by atoms with van der Waals surface area (Å²) in [5.74, 6) is -5.32. The fourth-order valence-corrected chi connectivity index (χ4v) is 4.01. The third-order valence-electron chi connectivity index (χ3n) is 8.21. The van der Waals surface area contributed by atoms with Crippen LogP contribution in [0.5, 0.6) is 5.75 Å². The molecule has 24 heteroatoms. The highest BCUT2D eigenvalue weighted by Gasteiger charge is 2.20. The van der Waals surface area contributed by atoms with Crippen LogP contribution in [0, 0.1) is 11.8 Å². The van der Waals surface area contributed by atoms with E-state index in [1.165, 1.54) is 18.5 Å². The maximum atomic E-state index is 10.4. The van der Waals surface area contributed by atoms with E-state index in [0.717, 1.165) is 37.1 Å². The Bertz CT molecular complexity index is 1560. The van der Waals surface area contributed by atoms with Crippen molar-refractivity contribution in [3.63, 3.8) is 0 Å². The molecule has 24 nitrogen and oxygen atoms in total. The standard InChI is InChI=1S/C9H11NO3.C6H14N4O2.C6H9N3O2.C6H13NO2.C5H9NO2.C5H11NO2/c10-8(9(12)13)5-6-1-3-7(11)4-2-6;7-4(5(11)12)2-1-3-10-6(8)9;7-5(6(10)11)1-4-2-8-3-9-4;1-3-4(2)5(7)6(8)9;7-5(8)4-2-1-3-6-4;1-3(2)4(6)5(7)8/h1-4,8,11H,5,10H2,(H,12,13);4H,1-3,7H2,(H,11,12)(H4,8,9,10);2-3,5H,1,7H2,(H,8,9)(H,10,11);4-5H,3,7H2,1-2H3,(H,8,9);4,6H,1-3H2,(H,7,8);3-4H,6H2,1-2H3,(H,7,8)/t8-;4-;5-;4-,5-;2*4-/m000000/s1. The van der Waals surface area contributed by atoms with E-state index in [-0.39, 0.29) is 42.4 Å². The second kappa shape index (κ2) is 33.9. The monoisotopic (exact) mass is 873 g/mol. The van der Waals surface area contributed by atoms with Gasteiger partial charge in [-0.1, -0.05) is 46.2 Å². The molecule has 0 saturated carbocycles. The lowest BCUT2D eigenvalue weighted by Gasteiger charge is -2.11. The van der Waals surface area contributed by atoms with Gasteiger partial charge in [-0.3, -0.25) is 33.8 Å². The van der Waals surface area contributed by atoms with Crippen LogP contribution in [0.4, 0.5) is 0 Å². The number of rotatable bonds is 17. The summed E-state index contributed by atoms with van der Waals surface area (Å²) in [5, 5.41) is 62.1. The largest absolute Gasteiger partial charge is 0.508 e. The fraction of sp³-hybridized carbons (Fsp3) is 0.568. The Morgan fingerprint density at radius 2 is 1.28 bits per heavy atom. The number of carboxylic acid groups (broad SMARTS) is 6. The van der Waals surface area contributed by atoms with Crippen LogP contribution in [-0.4, -0.2) is 137 Å². The lowest BCUT2D eigenvalue weighted by Crippen LogP contribution is -2.36. The number of nitrogens with one attached hydrogen (secondary N) is 2. The van der Waals surface area contributed by atoms with Gasteiger partial charge in [0.1, 0.15) is 42.0 Å². The van der Waals surface area contributed by atoms with E-state index in [9.17, 15) is 28.8 Å². The molecule has 1 saturated heterocycles. The number of aliphatic carboxylic acids is 6. The van der Waals surface area contributed by atoms with Crippen molar-refractivity contribution < 1.29 is 64.5 Å². The van der Waals surface area contributed by atoms with E-state index in [2.05, 4.69) is 20.3 Å². The first-order valence-corrected chi connectivity index (χ1v) is 19.0. The van der Waals surface area contributed by atoms with Crippen molar-refractivity contribution in [2.45, 2.75) is 109 Å². The first-order valence-electron chi connectivity index (χ1n) is 19.0. The van der Waals surface area contributed by atoms with Gasteiger partial charge in [0.15, 0.2) is 5.96 Å². The number of aliphatic imine (C=N–C) groups is 1. The van der Waals surface area contributed by atoms with E-state index in [1.807, 2.05) is 13.8 Å². The summed E-state index contributed by atoms with van der Waals surface area (Å²) >= 11 is 0. The maximum Gasteiger partial charge on any atom is 0.320 e. The summed E-state index contributed by atoms with van der Waals surface area (Å²) in [5.41, 5.74) is 37.9. The molecule has 0 aliphatic carbocycles. The molecule has 0 spiro atoms. The zero-order valence-corrected chi connectivity index (χ0v) is 35.0. The lowest BCUT2D eigenvalue weighted by molar-refractivity contribution is -0.140. The van der Waals surface area contributed by atoms with Crippen LogP contribution in [0.15, 0.2) is 41.8 Å². The first kappa shape index (κ1) is 59.4. The highest BCUT2D eigenvalue weighted by Crippen LogP contribution is 2.11. The van der Waals surface area contributed by atoms with Gasteiger partial charge in [-0.25, -0.2) is 4.98 Å². The number of carboxylic acids is 6. The summed E-state index contributed by atoms with van der Waals surface area (Å²) < 4.78 is 0. The molecule has 61 heavy (non-hydrogen) atoms. The summed E-state index contributed by atoms with van der Waals surface area (Å²) in [6, 6.07) is 2.07. The second-order valence-electron chi connectivity index (χ2n) is 13.8. The van der Waals surface area contributed by atoms with E-state index in [1.54, 1.807) is 32.2 Å². The number of aromatic amines is 1. The number of nitrogens with zero attached hydrogens (tertiary/aromatic N) is 2. The second-order valence-corrected chi connectivity index (χ2v) is 13.8. The molecule has 348 valence electrons. The van der Waals surface area contributed by atoms with Crippen molar-refractivity contribution in [2.24, 2.45) is 57.0 Å². The Balaban J connectivity index is -0.000000668. The zero-order chi connectivity index (χ0) is 47.8. The van der Waals surface area contributed by atoms with Crippen LogP contribution >= 0.6 is 0 Å². The Morgan fingerprint density at radius 1 is 0.770 bits per heavy atom. The number of hydrogen-bond donors (Lipinski definition) is 16. The average molecular weight is 874 g/mol.